The monoisotopic (exact) mass is 285 g/mol. The maximum atomic E-state index is 12.3. The van der Waals surface area contributed by atoms with E-state index in [9.17, 15) is 4.79 Å². The van der Waals surface area contributed by atoms with Crippen molar-refractivity contribution >= 4 is 5.97 Å². The number of carbonyl (C=O) groups is 1. The van der Waals surface area contributed by atoms with E-state index in [-0.39, 0.29) is 12.1 Å². The van der Waals surface area contributed by atoms with E-state index >= 15 is 0 Å². The summed E-state index contributed by atoms with van der Waals surface area (Å²) in [4.78, 5) is 12.3. The van der Waals surface area contributed by atoms with E-state index in [1.165, 1.54) is 6.42 Å². The molecule has 0 unspecified atom stereocenters. The second kappa shape index (κ2) is 6.76. The van der Waals surface area contributed by atoms with E-state index in [4.69, 9.17) is 10.00 Å². The summed E-state index contributed by atoms with van der Waals surface area (Å²) < 4.78 is 5.77. The molecule has 0 bridgehead atoms. The van der Waals surface area contributed by atoms with Gasteiger partial charge in [0.1, 0.15) is 6.10 Å². The first-order valence-electron chi connectivity index (χ1n) is 7.72. The van der Waals surface area contributed by atoms with Gasteiger partial charge in [-0.25, -0.2) is 4.79 Å². The first-order valence-corrected chi connectivity index (χ1v) is 7.72. The van der Waals surface area contributed by atoms with Crippen LogP contribution < -0.4 is 0 Å². The van der Waals surface area contributed by atoms with E-state index in [2.05, 4.69) is 26.8 Å². The lowest BCUT2D eigenvalue weighted by atomic mass is 9.75. The fraction of sp³-hybridized carbons (Fsp3) is 0.556. The summed E-state index contributed by atoms with van der Waals surface area (Å²) in [6.45, 7) is 6.62. The van der Waals surface area contributed by atoms with Crippen LogP contribution >= 0.6 is 0 Å². The molecule has 3 heteroatoms. The molecule has 3 atom stereocenters. The van der Waals surface area contributed by atoms with Crippen molar-refractivity contribution in [1.29, 1.82) is 5.26 Å². The molecule has 1 saturated carbocycles. The Morgan fingerprint density at radius 1 is 1.29 bits per heavy atom. The zero-order chi connectivity index (χ0) is 15.4. The summed E-state index contributed by atoms with van der Waals surface area (Å²) in [5, 5.41) is 8.79. The Kier molecular flexibility index (Phi) is 5.01. The predicted octanol–water partition coefficient (Wildman–Crippen LogP) is 4.18. The molecule has 0 aliphatic heterocycles. The van der Waals surface area contributed by atoms with Gasteiger partial charge in [0.25, 0.3) is 0 Å². The third-order valence-corrected chi connectivity index (χ3v) is 4.47. The lowest BCUT2D eigenvalue weighted by Gasteiger charge is -2.36. The summed E-state index contributed by atoms with van der Waals surface area (Å²) in [7, 11) is 0. The molecule has 1 aromatic rings. The van der Waals surface area contributed by atoms with Gasteiger partial charge in [-0.1, -0.05) is 27.2 Å². The van der Waals surface area contributed by atoms with E-state index < -0.39 is 0 Å². The molecule has 0 saturated heterocycles. The molecule has 2 rings (SSSR count). The SMILES string of the molecule is CC(C)[C@H]1CC[C@@H](C)C[C@@H]1OC(=O)c1ccc(C#N)cc1. The minimum Gasteiger partial charge on any atom is -0.458 e. The Morgan fingerprint density at radius 3 is 2.52 bits per heavy atom. The summed E-state index contributed by atoms with van der Waals surface area (Å²) in [5.74, 6) is 1.31. The topological polar surface area (TPSA) is 50.1 Å². The quantitative estimate of drug-likeness (QED) is 0.783. The molecular formula is C18H23NO2. The van der Waals surface area contributed by atoms with Crippen molar-refractivity contribution in [3.63, 3.8) is 0 Å². The van der Waals surface area contributed by atoms with Crippen molar-refractivity contribution in [2.75, 3.05) is 0 Å². The minimum atomic E-state index is -0.274. The highest BCUT2D eigenvalue weighted by Gasteiger charge is 2.33. The van der Waals surface area contributed by atoms with Crippen LogP contribution in [0.5, 0.6) is 0 Å². The Hall–Kier alpha value is -1.82. The summed E-state index contributed by atoms with van der Waals surface area (Å²) in [6.07, 6.45) is 3.31. The van der Waals surface area contributed by atoms with Crippen LogP contribution in [0.15, 0.2) is 24.3 Å². The molecule has 0 amide bonds. The number of rotatable bonds is 3. The minimum absolute atomic E-state index is 0.0110. The van der Waals surface area contributed by atoms with Crippen LogP contribution in [-0.4, -0.2) is 12.1 Å². The van der Waals surface area contributed by atoms with E-state index in [0.717, 1.165) is 12.8 Å². The molecule has 0 radical (unpaired) electrons. The normalized spacial score (nSPS) is 25.4. The van der Waals surface area contributed by atoms with Gasteiger partial charge < -0.3 is 4.74 Å². The van der Waals surface area contributed by atoms with Crippen molar-refractivity contribution in [2.45, 2.75) is 46.1 Å². The van der Waals surface area contributed by atoms with Crippen LogP contribution in [0.1, 0.15) is 56.0 Å². The Labute approximate surface area is 126 Å². The average Bonchev–Trinajstić information content (AvgIpc) is 2.47. The van der Waals surface area contributed by atoms with Crippen molar-refractivity contribution in [3.8, 4) is 6.07 Å². The van der Waals surface area contributed by atoms with Gasteiger partial charge in [-0.05, 0) is 54.9 Å². The van der Waals surface area contributed by atoms with Crippen LogP contribution in [-0.2, 0) is 4.74 Å². The van der Waals surface area contributed by atoms with Gasteiger partial charge in [0.15, 0.2) is 0 Å². The number of benzene rings is 1. The van der Waals surface area contributed by atoms with Gasteiger partial charge in [0.05, 0.1) is 17.2 Å². The zero-order valence-electron chi connectivity index (χ0n) is 13.0. The Bertz CT molecular complexity index is 527. The van der Waals surface area contributed by atoms with Crippen molar-refractivity contribution in [3.05, 3.63) is 35.4 Å². The third kappa shape index (κ3) is 3.85. The van der Waals surface area contributed by atoms with Gasteiger partial charge >= 0.3 is 5.97 Å². The molecule has 1 aliphatic rings. The molecule has 0 aromatic heterocycles. The second-order valence-electron chi connectivity index (χ2n) is 6.46. The zero-order valence-corrected chi connectivity index (χ0v) is 13.0. The summed E-state index contributed by atoms with van der Waals surface area (Å²) >= 11 is 0. The number of nitriles is 1. The number of hydrogen-bond acceptors (Lipinski definition) is 3. The van der Waals surface area contributed by atoms with Gasteiger partial charge in [-0.2, -0.15) is 5.26 Å². The molecule has 21 heavy (non-hydrogen) atoms. The highest BCUT2D eigenvalue weighted by molar-refractivity contribution is 5.89. The second-order valence-corrected chi connectivity index (χ2v) is 6.46. The van der Waals surface area contributed by atoms with Gasteiger partial charge in [0, 0.05) is 0 Å². The molecule has 0 spiro atoms. The molecule has 0 heterocycles. The maximum Gasteiger partial charge on any atom is 0.338 e. The predicted molar refractivity (Wildman–Crippen MR) is 81.7 cm³/mol. The standard InChI is InChI=1S/C18H23NO2/c1-12(2)16-9-4-13(3)10-17(16)21-18(20)15-7-5-14(11-19)6-8-15/h5-8,12-13,16-17H,4,9-10H2,1-3H3/t13-,16-,17+/m1/s1. The first kappa shape index (κ1) is 15.6. The average molecular weight is 285 g/mol. The van der Waals surface area contributed by atoms with Gasteiger partial charge in [-0.15, -0.1) is 0 Å². The highest BCUT2D eigenvalue weighted by atomic mass is 16.5. The molecule has 1 aromatic carbocycles. The summed E-state index contributed by atoms with van der Waals surface area (Å²) in [6, 6.07) is 8.68. The maximum absolute atomic E-state index is 12.3. The number of nitrogens with zero attached hydrogens (tertiary/aromatic N) is 1. The molecule has 3 nitrogen and oxygen atoms in total. The molecule has 1 aliphatic carbocycles. The van der Waals surface area contributed by atoms with E-state index in [1.807, 2.05) is 0 Å². The van der Waals surface area contributed by atoms with Crippen LogP contribution in [0.3, 0.4) is 0 Å². The molecule has 112 valence electrons. The molecule has 0 N–H and O–H groups in total. The number of esters is 1. The van der Waals surface area contributed by atoms with Crippen molar-refractivity contribution in [1.82, 2.24) is 0 Å². The largest absolute Gasteiger partial charge is 0.458 e. The van der Waals surface area contributed by atoms with Crippen LogP contribution in [0.4, 0.5) is 0 Å². The Balaban J connectivity index is 2.07. The summed E-state index contributed by atoms with van der Waals surface area (Å²) in [5.41, 5.74) is 1.08. The Morgan fingerprint density at radius 2 is 1.95 bits per heavy atom. The molecule has 1 fully saturated rings. The number of ether oxygens (including phenoxy) is 1. The molecular weight excluding hydrogens is 262 g/mol. The number of carbonyl (C=O) groups excluding carboxylic acids is 1. The van der Waals surface area contributed by atoms with Crippen molar-refractivity contribution in [2.24, 2.45) is 17.8 Å². The smallest absolute Gasteiger partial charge is 0.338 e. The van der Waals surface area contributed by atoms with Crippen LogP contribution in [0.25, 0.3) is 0 Å². The lowest BCUT2D eigenvalue weighted by Crippen LogP contribution is -2.35. The highest BCUT2D eigenvalue weighted by Crippen LogP contribution is 2.35. The number of hydrogen-bond donors (Lipinski definition) is 0. The van der Waals surface area contributed by atoms with Crippen LogP contribution in [0.2, 0.25) is 0 Å². The first-order chi connectivity index (χ1) is 10.0. The van der Waals surface area contributed by atoms with E-state index in [0.29, 0.717) is 28.9 Å². The van der Waals surface area contributed by atoms with Gasteiger partial charge in [0.2, 0.25) is 0 Å². The van der Waals surface area contributed by atoms with Crippen LogP contribution in [0, 0.1) is 29.1 Å². The van der Waals surface area contributed by atoms with Crippen molar-refractivity contribution < 1.29 is 9.53 Å². The fourth-order valence-electron chi connectivity index (χ4n) is 3.14. The lowest BCUT2D eigenvalue weighted by molar-refractivity contribution is -0.0174. The third-order valence-electron chi connectivity index (χ3n) is 4.47. The van der Waals surface area contributed by atoms with E-state index in [1.54, 1.807) is 24.3 Å². The van der Waals surface area contributed by atoms with Gasteiger partial charge in [-0.3, -0.25) is 0 Å². The fourth-order valence-corrected chi connectivity index (χ4v) is 3.14.